The van der Waals surface area contributed by atoms with Crippen LogP contribution < -0.4 is 20.3 Å². The fourth-order valence-electron chi connectivity index (χ4n) is 10.4. The first-order valence-corrected chi connectivity index (χ1v) is 26.1. The van der Waals surface area contributed by atoms with Crippen molar-refractivity contribution in [1.29, 1.82) is 0 Å². The van der Waals surface area contributed by atoms with Crippen LogP contribution in [0.5, 0.6) is 5.75 Å². The Morgan fingerprint density at radius 2 is 1.72 bits per heavy atom. The summed E-state index contributed by atoms with van der Waals surface area (Å²) in [6.07, 6.45) is 4.85. The first kappa shape index (κ1) is 49.5. The number of carbonyl (C=O) groups is 6. The molecule has 0 aliphatic carbocycles. The fraction of sp³-hybridized carbons (Fsp3) is 0.353. The minimum atomic E-state index is -3.79. The molecule has 4 N–H and O–H groups in total. The van der Waals surface area contributed by atoms with E-state index in [9.17, 15) is 42.3 Å². The number of anilines is 2. The maximum absolute atomic E-state index is 14.0. The van der Waals surface area contributed by atoms with Crippen molar-refractivity contribution < 1.29 is 52.1 Å². The van der Waals surface area contributed by atoms with Gasteiger partial charge < -0.3 is 20.3 Å². The lowest BCUT2D eigenvalue weighted by Gasteiger charge is -2.43. The third-order valence-electron chi connectivity index (χ3n) is 13.6. The van der Waals surface area contributed by atoms with Gasteiger partial charge in [0, 0.05) is 41.4 Å². The molecule has 370 valence electrons. The Balaban J connectivity index is 0.779. The Bertz CT molecular complexity index is 3150. The summed E-state index contributed by atoms with van der Waals surface area (Å²) in [5, 5.41) is 25.8. The highest BCUT2D eigenvalue weighted by atomic mass is 35.5. The van der Waals surface area contributed by atoms with E-state index in [4.69, 9.17) is 26.4 Å². The number of likely N-dealkylation sites (tertiary alicyclic amines) is 1. The third-order valence-corrected chi connectivity index (χ3v) is 17.3. The Morgan fingerprint density at radius 1 is 0.958 bits per heavy atom. The number of nitrogens with one attached hydrogen (secondary N) is 2. The van der Waals surface area contributed by atoms with Crippen LogP contribution in [0, 0.1) is 5.92 Å². The molecule has 9 rings (SSSR count). The number of benzene rings is 4. The second kappa shape index (κ2) is 19.9. The molecule has 0 spiro atoms. The van der Waals surface area contributed by atoms with Crippen molar-refractivity contribution in [3.63, 3.8) is 0 Å². The van der Waals surface area contributed by atoms with E-state index >= 15 is 0 Å². The number of amides is 4. The first-order valence-electron chi connectivity index (χ1n) is 23.3. The van der Waals surface area contributed by atoms with Crippen LogP contribution in [0.2, 0.25) is 5.02 Å². The molecule has 4 aliphatic heterocycles. The van der Waals surface area contributed by atoms with E-state index in [0.717, 1.165) is 40.5 Å². The van der Waals surface area contributed by atoms with Crippen molar-refractivity contribution in [2.75, 3.05) is 43.0 Å². The van der Waals surface area contributed by atoms with Gasteiger partial charge in [-0.1, -0.05) is 54.1 Å². The molecule has 1 aromatic heterocycles. The lowest BCUT2D eigenvalue weighted by molar-refractivity contribution is -0.139. The molecule has 5 aromatic rings. The van der Waals surface area contributed by atoms with Crippen molar-refractivity contribution in [2.24, 2.45) is 10.9 Å². The Hall–Kier alpha value is -6.51. The molecule has 17 nitrogen and oxygen atoms in total. The van der Waals surface area contributed by atoms with Gasteiger partial charge in [-0.2, -0.15) is 4.31 Å². The molecule has 5 heterocycles. The van der Waals surface area contributed by atoms with Gasteiger partial charge in [-0.25, -0.2) is 18.0 Å². The summed E-state index contributed by atoms with van der Waals surface area (Å²) >= 11 is 7.37. The molecule has 4 aliphatic rings. The molecular weight excluding hydrogens is 972 g/mol. The predicted octanol–water partition coefficient (Wildman–Crippen LogP) is 7.69. The second-order valence-corrected chi connectivity index (χ2v) is 22.2. The molecule has 71 heavy (non-hydrogen) atoms. The lowest BCUT2D eigenvalue weighted by Crippen LogP contribution is -2.53. The number of hydrogen-bond donors (Lipinski definition) is 4. The van der Waals surface area contributed by atoms with Crippen LogP contribution >= 0.6 is 22.9 Å². The van der Waals surface area contributed by atoms with Crippen LogP contribution in [0.4, 0.5) is 17.1 Å². The maximum Gasteiger partial charge on any atom is 0.349 e. The Kier molecular flexibility index (Phi) is 13.9. The zero-order valence-corrected chi connectivity index (χ0v) is 41.2. The minimum Gasteiger partial charge on any atom is -0.479 e. The molecule has 2 unspecified atom stereocenters. The van der Waals surface area contributed by atoms with Crippen LogP contribution in [0.3, 0.4) is 0 Å². The van der Waals surface area contributed by atoms with Crippen LogP contribution in [0.1, 0.15) is 89.4 Å². The predicted molar refractivity (Wildman–Crippen MR) is 270 cm³/mol. The standard InChI is InChI=1S/C51H51ClN6O11S2/c1-51(2)24-30(25-53-33-8-4-7-32(23-33)46-44(52)45(69-27-42(61)62)47(70-46)50(65)66)16-21-57(51)71(67,68)28-29-6-3-9-34(22-29)54-41(60)26-56-19-17-31(18-20-56)35-12-13-38-43-36(35)10-5-11-37(43)49(64)58(38)39-14-15-40(59)55-48(39)63/h3-13,22-23,25,30-31,39H,14-21,24,26-28H2,1-2H3,(H,54,60)(H,61,62)(H,65,66)(H,55,59,63)/b53-25+. The van der Waals surface area contributed by atoms with Gasteiger partial charge in [0.2, 0.25) is 27.7 Å². The number of halogens is 1. The number of carboxylic acids is 2. The third kappa shape index (κ3) is 10.3. The molecule has 2 atom stereocenters. The zero-order valence-electron chi connectivity index (χ0n) is 38.9. The van der Waals surface area contributed by atoms with Gasteiger partial charge in [0.15, 0.2) is 17.2 Å². The Morgan fingerprint density at radius 3 is 2.45 bits per heavy atom. The van der Waals surface area contributed by atoms with E-state index in [-0.39, 0.29) is 76.9 Å². The molecule has 3 fully saturated rings. The van der Waals surface area contributed by atoms with Gasteiger partial charge in [0.25, 0.3) is 5.91 Å². The number of thiophene rings is 1. The summed E-state index contributed by atoms with van der Waals surface area (Å²) in [6, 6.07) is 22.7. The van der Waals surface area contributed by atoms with Gasteiger partial charge in [0.05, 0.1) is 28.5 Å². The van der Waals surface area contributed by atoms with Crippen molar-refractivity contribution >= 4 is 103 Å². The SMILES string of the molecule is CC1(C)CC(/C=N/c2cccc(-c3sc(C(=O)O)c(OCC(=O)O)c3Cl)c2)CCN1S(=O)(=O)Cc1cccc(NC(=O)CN2CCC(c3ccc4c5c(cccc35)C(=O)N4C3CCC(=O)NC3=O)CC2)c1. The van der Waals surface area contributed by atoms with Gasteiger partial charge in [-0.05, 0) is 129 Å². The number of aliphatic carboxylic acids is 1. The lowest BCUT2D eigenvalue weighted by atomic mass is 9.85. The average molecular weight is 1020 g/mol. The number of piperidine rings is 3. The first-order chi connectivity index (χ1) is 33.9. The number of sulfonamides is 1. The number of hydrogen-bond acceptors (Lipinski definition) is 12. The van der Waals surface area contributed by atoms with Gasteiger partial charge >= 0.3 is 11.9 Å². The molecule has 0 radical (unpaired) electrons. The highest BCUT2D eigenvalue weighted by molar-refractivity contribution is 7.88. The summed E-state index contributed by atoms with van der Waals surface area (Å²) in [7, 11) is -3.79. The molecule has 4 amide bonds. The number of nitrogens with zero attached hydrogens (tertiary/aromatic N) is 4. The van der Waals surface area contributed by atoms with Gasteiger partial charge in [-0.15, -0.1) is 11.3 Å². The second-order valence-electron chi connectivity index (χ2n) is 19.0. The van der Waals surface area contributed by atoms with E-state index in [1.807, 2.05) is 38.1 Å². The van der Waals surface area contributed by atoms with E-state index in [2.05, 4.69) is 15.5 Å². The maximum atomic E-state index is 14.0. The number of carbonyl (C=O) groups excluding carboxylic acids is 4. The van der Waals surface area contributed by atoms with Crippen LogP contribution in [-0.4, -0.2) is 114 Å². The van der Waals surface area contributed by atoms with E-state index in [0.29, 0.717) is 64.6 Å². The number of rotatable bonds is 15. The largest absolute Gasteiger partial charge is 0.479 e. The molecular formula is C51H51ClN6O11S2. The topological polar surface area (TPSA) is 232 Å². The summed E-state index contributed by atoms with van der Waals surface area (Å²) < 4.78 is 34.8. The van der Waals surface area contributed by atoms with Crippen molar-refractivity contribution in [2.45, 2.75) is 75.6 Å². The molecule has 4 aromatic carbocycles. The quantitative estimate of drug-likeness (QED) is 0.0584. The number of imide groups is 1. The number of carboxylic acid groups (broad SMARTS) is 2. The molecule has 20 heteroatoms. The Labute approximate surface area is 418 Å². The minimum absolute atomic E-state index is 0.0107. The van der Waals surface area contributed by atoms with E-state index in [1.165, 1.54) is 4.90 Å². The normalized spacial score (nSPS) is 19.9. The molecule has 3 saturated heterocycles. The van der Waals surface area contributed by atoms with Crippen LogP contribution in [-0.2, 0) is 35.0 Å². The number of ether oxygens (including phenoxy) is 1. The van der Waals surface area contributed by atoms with Crippen LogP contribution in [0.15, 0.2) is 83.9 Å². The molecule has 0 saturated carbocycles. The summed E-state index contributed by atoms with van der Waals surface area (Å²) in [5.41, 5.74) is 3.77. The van der Waals surface area contributed by atoms with Crippen molar-refractivity contribution in [3.05, 3.63) is 105 Å². The average Bonchev–Trinajstić information content (AvgIpc) is 3.81. The van der Waals surface area contributed by atoms with E-state index < -0.39 is 46.1 Å². The number of aromatic carboxylic acids is 1. The zero-order chi connectivity index (χ0) is 50.4. The smallest absolute Gasteiger partial charge is 0.349 e. The van der Waals surface area contributed by atoms with Crippen LogP contribution in [0.25, 0.3) is 21.2 Å². The highest BCUT2D eigenvalue weighted by Gasteiger charge is 2.43. The van der Waals surface area contributed by atoms with Crippen molar-refractivity contribution in [3.8, 4) is 16.2 Å². The van der Waals surface area contributed by atoms with E-state index in [1.54, 1.807) is 65.1 Å². The fourth-order valence-corrected chi connectivity index (χ4v) is 13.8. The van der Waals surface area contributed by atoms with Crippen molar-refractivity contribution in [1.82, 2.24) is 14.5 Å². The molecule has 0 bridgehead atoms. The summed E-state index contributed by atoms with van der Waals surface area (Å²) in [4.78, 5) is 83.1. The summed E-state index contributed by atoms with van der Waals surface area (Å²) in [5.74, 6) is -4.16. The van der Waals surface area contributed by atoms with Gasteiger partial charge in [-0.3, -0.25) is 39.3 Å². The highest BCUT2D eigenvalue weighted by Crippen LogP contribution is 2.47. The van der Waals surface area contributed by atoms with Gasteiger partial charge in [0.1, 0.15) is 11.1 Å². The summed E-state index contributed by atoms with van der Waals surface area (Å²) in [6.45, 7) is 4.80. The monoisotopic (exact) mass is 1020 g/mol. The number of aliphatic imine (C=N–C) groups is 1.